The number of rotatable bonds is 2. The van der Waals surface area contributed by atoms with Crippen LogP contribution in [0.1, 0.15) is 25.1 Å². The Morgan fingerprint density at radius 1 is 0.875 bits per heavy atom. The Balaban J connectivity index is 2.51. The fraction of sp³-hybridized carbons (Fsp3) is 0.267. The summed E-state index contributed by atoms with van der Waals surface area (Å²) in [5, 5.41) is 0. The summed E-state index contributed by atoms with van der Waals surface area (Å²) in [6.45, 7) is 6.63. The Labute approximate surface area is 97.4 Å². The molecule has 0 saturated heterocycles. The van der Waals surface area contributed by atoms with E-state index in [1.165, 1.54) is 11.3 Å². The minimum Gasteiger partial charge on any atom is -0.194 e. The van der Waals surface area contributed by atoms with E-state index in [1.807, 2.05) is 0 Å². The zero-order valence-electron chi connectivity index (χ0n) is 10.1. The van der Waals surface area contributed by atoms with Gasteiger partial charge in [-0.2, -0.15) is 4.57 Å². The third-order valence-electron chi connectivity index (χ3n) is 3.15. The average molecular weight is 212 g/mol. The molecular formula is C15H18N+. The van der Waals surface area contributed by atoms with Gasteiger partial charge < -0.3 is 0 Å². The molecule has 0 aliphatic heterocycles. The van der Waals surface area contributed by atoms with Crippen molar-refractivity contribution in [1.29, 1.82) is 0 Å². The van der Waals surface area contributed by atoms with Gasteiger partial charge in [0.05, 0.1) is 0 Å². The largest absolute Gasteiger partial charge is 0.194 e. The van der Waals surface area contributed by atoms with E-state index in [0.29, 0.717) is 0 Å². The van der Waals surface area contributed by atoms with E-state index in [1.54, 1.807) is 0 Å². The molecule has 0 saturated carbocycles. The quantitative estimate of drug-likeness (QED) is 0.674. The predicted octanol–water partition coefficient (Wildman–Crippen LogP) is 3.07. The van der Waals surface area contributed by atoms with Crippen molar-refractivity contribution >= 4 is 0 Å². The highest BCUT2D eigenvalue weighted by molar-refractivity contribution is 5.20. The summed E-state index contributed by atoms with van der Waals surface area (Å²) in [4.78, 5) is 0. The normalized spacial score (nSPS) is 11.4. The van der Waals surface area contributed by atoms with Crippen LogP contribution in [-0.2, 0) is 5.54 Å². The molecule has 0 unspecified atom stereocenters. The molecule has 82 valence electrons. The Morgan fingerprint density at radius 3 is 2.12 bits per heavy atom. The summed E-state index contributed by atoms with van der Waals surface area (Å²) < 4.78 is 2.31. The lowest BCUT2D eigenvalue weighted by molar-refractivity contribution is -0.752. The van der Waals surface area contributed by atoms with Gasteiger partial charge in [0.25, 0.3) is 0 Å². The molecule has 1 aromatic heterocycles. The number of hydrogen-bond acceptors (Lipinski definition) is 0. The van der Waals surface area contributed by atoms with Crippen LogP contribution >= 0.6 is 0 Å². The van der Waals surface area contributed by atoms with Crippen LogP contribution in [0.25, 0.3) is 0 Å². The van der Waals surface area contributed by atoms with Crippen molar-refractivity contribution in [3.05, 3.63) is 66.0 Å². The van der Waals surface area contributed by atoms with E-state index >= 15 is 0 Å². The van der Waals surface area contributed by atoms with E-state index in [2.05, 4.69) is 80.1 Å². The van der Waals surface area contributed by atoms with Gasteiger partial charge in [-0.25, -0.2) is 0 Å². The van der Waals surface area contributed by atoms with E-state index in [-0.39, 0.29) is 5.54 Å². The highest BCUT2D eigenvalue weighted by Crippen LogP contribution is 2.19. The summed E-state index contributed by atoms with van der Waals surface area (Å²) in [6.07, 6.45) is 2.14. The minimum absolute atomic E-state index is 0.00734. The average Bonchev–Trinajstić information content (AvgIpc) is 2.30. The van der Waals surface area contributed by atoms with Crippen molar-refractivity contribution in [2.45, 2.75) is 26.3 Å². The summed E-state index contributed by atoms with van der Waals surface area (Å²) >= 11 is 0. The molecule has 0 bridgehead atoms. The lowest BCUT2D eigenvalue weighted by Gasteiger charge is -2.21. The van der Waals surface area contributed by atoms with Gasteiger partial charge in [-0.3, -0.25) is 0 Å². The monoisotopic (exact) mass is 212 g/mol. The van der Waals surface area contributed by atoms with Crippen LogP contribution in [0.3, 0.4) is 0 Å². The smallest absolute Gasteiger partial charge is 0.187 e. The molecule has 2 rings (SSSR count). The molecule has 16 heavy (non-hydrogen) atoms. The molecule has 0 N–H and O–H groups in total. The molecule has 1 aromatic carbocycles. The maximum Gasteiger partial charge on any atom is 0.187 e. The second kappa shape index (κ2) is 4.09. The molecule has 0 fully saturated rings. The molecule has 0 amide bonds. The number of nitrogens with zero attached hydrogens (tertiary/aromatic N) is 1. The number of pyridine rings is 1. The van der Waals surface area contributed by atoms with Crippen molar-refractivity contribution in [3.63, 3.8) is 0 Å². The highest BCUT2D eigenvalue weighted by Gasteiger charge is 2.31. The van der Waals surface area contributed by atoms with Crippen LogP contribution in [0.15, 0.2) is 54.7 Å². The van der Waals surface area contributed by atoms with Crippen LogP contribution < -0.4 is 4.57 Å². The van der Waals surface area contributed by atoms with Gasteiger partial charge in [-0.05, 0) is 0 Å². The van der Waals surface area contributed by atoms with Gasteiger partial charge in [-0.15, -0.1) is 0 Å². The molecule has 0 atom stereocenters. The Kier molecular flexibility index (Phi) is 2.78. The first kappa shape index (κ1) is 10.9. The Morgan fingerprint density at radius 2 is 1.50 bits per heavy atom. The lowest BCUT2D eigenvalue weighted by atomic mass is 9.93. The van der Waals surface area contributed by atoms with Crippen LogP contribution in [0.2, 0.25) is 0 Å². The van der Waals surface area contributed by atoms with Crippen LogP contribution in [0.4, 0.5) is 0 Å². The summed E-state index contributed by atoms with van der Waals surface area (Å²) in [6, 6.07) is 16.9. The highest BCUT2D eigenvalue weighted by atomic mass is 15.0. The van der Waals surface area contributed by atoms with Gasteiger partial charge in [0.2, 0.25) is 0 Å². The first-order chi connectivity index (χ1) is 7.62. The van der Waals surface area contributed by atoms with Gasteiger partial charge in [-0.1, -0.05) is 36.4 Å². The fourth-order valence-corrected chi connectivity index (χ4v) is 2.14. The molecule has 1 heterocycles. The Hall–Kier alpha value is -1.63. The SMILES string of the molecule is Cc1cccc[n+]1C(C)(C)c1ccccc1. The number of aromatic nitrogens is 1. The summed E-state index contributed by atoms with van der Waals surface area (Å²) in [5.41, 5.74) is 2.60. The van der Waals surface area contributed by atoms with Crippen molar-refractivity contribution in [3.8, 4) is 0 Å². The zero-order valence-corrected chi connectivity index (χ0v) is 10.1. The molecule has 1 nitrogen and oxygen atoms in total. The van der Waals surface area contributed by atoms with E-state index in [9.17, 15) is 0 Å². The van der Waals surface area contributed by atoms with Crippen molar-refractivity contribution in [1.82, 2.24) is 0 Å². The third-order valence-corrected chi connectivity index (χ3v) is 3.15. The van der Waals surface area contributed by atoms with Crippen LogP contribution in [0, 0.1) is 6.92 Å². The fourth-order valence-electron chi connectivity index (χ4n) is 2.14. The molecule has 0 aliphatic rings. The maximum atomic E-state index is 2.31. The molecule has 0 spiro atoms. The first-order valence-corrected chi connectivity index (χ1v) is 5.65. The Bertz CT molecular complexity index is 472. The lowest BCUT2D eigenvalue weighted by Crippen LogP contribution is -2.54. The molecule has 2 aromatic rings. The molecular weight excluding hydrogens is 194 g/mol. The van der Waals surface area contributed by atoms with Gasteiger partial charge in [0.15, 0.2) is 17.4 Å². The third kappa shape index (κ3) is 1.85. The molecule has 1 heteroatoms. The van der Waals surface area contributed by atoms with Crippen molar-refractivity contribution in [2.24, 2.45) is 0 Å². The van der Waals surface area contributed by atoms with E-state index in [4.69, 9.17) is 0 Å². The second-order valence-corrected chi connectivity index (χ2v) is 4.64. The van der Waals surface area contributed by atoms with Gasteiger partial charge >= 0.3 is 0 Å². The van der Waals surface area contributed by atoms with Crippen LogP contribution in [0.5, 0.6) is 0 Å². The minimum atomic E-state index is -0.00734. The van der Waals surface area contributed by atoms with E-state index in [0.717, 1.165) is 0 Å². The van der Waals surface area contributed by atoms with E-state index < -0.39 is 0 Å². The maximum absolute atomic E-state index is 2.31. The number of hydrogen-bond donors (Lipinski definition) is 0. The van der Waals surface area contributed by atoms with Crippen molar-refractivity contribution in [2.75, 3.05) is 0 Å². The second-order valence-electron chi connectivity index (χ2n) is 4.64. The molecule has 0 radical (unpaired) electrons. The van der Waals surface area contributed by atoms with Gasteiger partial charge in [0, 0.05) is 38.5 Å². The molecule has 0 aliphatic carbocycles. The first-order valence-electron chi connectivity index (χ1n) is 5.65. The number of benzene rings is 1. The zero-order chi connectivity index (χ0) is 11.6. The number of aryl methyl sites for hydroxylation is 1. The standard InChI is InChI=1S/C15H18N/c1-13-9-7-8-12-16(13)15(2,3)14-10-5-4-6-11-14/h4-12H,1-3H3/q+1. The summed E-state index contributed by atoms with van der Waals surface area (Å²) in [7, 11) is 0. The van der Waals surface area contributed by atoms with Crippen LogP contribution in [-0.4, -0.2) is 0 Å². The summed E-state index contributed by atoms with van der Waals surface area (Å²) in [5.74, 6) is 0. The predicted molar refractivity (Wildman–Crippen MR) is 66.2 cm³/mol. The van der Waals surface area contributed by atoms with Gasteiger partial charge in [0.1, 0.15) is 0 Å². The van der Waals surface area contributed by atoms with Crippen molar-refractivity contribution < 1.29 is 4.57 Å². The topological polar surface area (TPSA) is 3.88 Å².